The number of rotatable bonds is 4. The first-order valence-electron chi connectivity index (χ1n) is 8.39. The fourth-order valence-electron chi connectivity index (χ4n) is 2.51. The molecule has 3 aromatic rings. The van der Waals surface area contributed by atoms with Gasteiger partial charge >= 0.3 is 6.09 Å². The number of nitrogens with one attached hydrogen (secondary N) is 1. The van der Waals surface area contributed by atoms with Gasteiger partial charge in [-0.05, 0) is 51.1 Å². The van der Waals surface area contributed by atoms with E-state index in [1.807, 2.05) is 6.07 Å². The number of fused-ring (bicyclic) bond motifs is 2. The van der Waals surface area contributed by atoms with Gasteiger partial charge in [0, 0.05) is 0 Å². The molecule has 0 saturated heterocycles. The lowest BCUT2D eigenvalue weighted by molar-refractivity contribution is 0.0520. The maximum atomic E-state index is 12.6. The Morgan fingerprint density at radius 2 is 1.81 bits per heavy atom. The van der Waals surface area contributed by atoms with Crippen LogP contribution in [0.15, 0.2) is 51.7 Å². The third-order valence-electron chi connectivity index (χ3n) is 3.59. The van der Waals surface area contributed by atoms with Crippen LogP contribution in [0.4, 0.5) is 4.79 Å². The Bertz CT molecular complexity index is 1000. The van der Waals surface area contributed by atoms with Gasteiger partial charge in [0.2, 0.25) is 5.43 Å². The van der Waals surface area contributed by atoms with Crippen molar-refractivity contribution in [3.8, 4) is 5.75 Å². The van der Waals surface area contributed by atoms with Crippen molar-refractivity contribution in [1.82, 2.24) is 5.32 Å². The Morgan fingerprint density at radius 3 is 2.58 bits per heavy atom. The zero-order valence-electron chi connectivity index (χ0n) is 15.0. The average Bonchev–Trinajstić information content (AvgIpc) is 2.58. The van der Waals surface area contributed by atoms with Crippen LogP contribution >= 0.6 is 0 Å². The van der Waals surface area contributed by atoms with E-state index in [1.54, 1.807) is 57.2 Å². The van der Waals surface area contributed by atoms with Crippen molar-refractivity contribution in [2.75, 3.05) is 13.2 Å². The Balaban J connectivity index is 1.68. The van der Waals surface area contributed by atoms with Gasteiger partial charge in [-0.15, -0.1) is 0 Å². The molecule has 1 amide bonds. The number of benzene rings is 2. The van der Waals surface area contributed by atoms with Crippen LogP contribution in [0.5, 0.6) is 5.75 Å². The van der Waals surface area contributed by atoms with Gasteiger partial charge in [0.05, 0.1) is 17.3 Å². The van der Waals surface area contributed by atoms with E-state index in [2.05, 4.69) is 5.32 Å². The molecule has 6 heteroatoms. The minimum absolute atomic E-state index is 0.0980. The summed E-state index contributed by atoms with van der Waals surface area (Å²) in [5.74, 6) is 0.533. The van der Waals surface area contributed by atoms with Crippen LogP contribution in [0, 0.1) is 0 Å². The lowest BCUT2D eigenvalue weighted by Crippen LogP contribution is -2.34. The smallest absolute Gasteiger partial charge is 0.407 e. The Morgan fingerprint density at radius 1 is 1.08 bits per heavy atom. The molecule has 0 spiro atoms. The fraction of sp³-hybridized carbons (Fsp3) is 0.300. The lowest BCUT2D eigenvalue weighted by atomic mass is 10.1. The third-order valence-corrected chi connectivity index (χ3v) is 3.59. The highest BCUT2D eigenvalue weighted by Gasteiger charge is 2.15. The largest absolute Gasteiger partial charge is 0.492 e. The minimum atomic E-state index is -0.542. The van der Waals surface area contributed by atoms with Crippen LogP contribution in [-0.4, -0.2) is 24.8 Å². The average molecular weight is 355 g/mol. The molecule has 0 bridgehead atoms. The SMILES string of the molecule is CC(C)(C)OC(=O)NCCOc1ccc2oc3ccccc3c(=O)c2c1. The quantitative estimate of drug-likeness (QED) is 0.568. The van der Waals surface area contributed by atoms with Crippen LogP contribution in [-0.2, 0) is 4.74 Å². The van der Waals surface area contributed by atoms with Gasteiger partial charge in [-0.25, -0.2) is 4.79 Å². The maximum Gasteiger partial charge on any atom is 0.407 e. The van der Waals surface area contributed by atoms with Crippen LogP contribution in [0.3, 0.4) is 0 Å². The summed E-state index contributed by atoms with van der Waals surface area (Å²) in [4.78, 5) is 24.2. The molecule has 136 valence electrons. The second-order valence-electron chi connectivity index (χ2n) is 6.86. The van der Waals surface area contributed by atoms with Gasteiger partial charge in [-0.3, -0.25) is 4.79 Å². The fourth-order valence-corrected chi connectivity index (χ4v) is 2.51. The van der Waals surface area contributed by atoms with E-state index in [9.17, 15) is 9.59 Å². The predicted octanol–water partition coefficient (Wildman–Crippen LogP) is 3.85. The minimum Gasteiger partial charge on any atom is -0.492 e. The number of ether oxygens (including phenoxy) is 2. The van der Waals surface area contributed by atoms with Crippen molar-refractivity contribution in [3.63, 3.8) is 0 Å². The van der Waals surface area contributed by atoms with E-state index in [1.165, 1.54) is 0 Å². The Hall–Kier alpha value is -3.02. The molecule has 1 N–H and O–H groups in total. The van der Waals surface area contributed by atoms with E-state index in [0.29, 0.717) is 34.2 Å². The van der Waals surface area contributed by atoms with Crippen molar-refractivity contribution in [3.05, 3.63) is 52.7 Å². The summed E-state index contributed by atoms with van der Waals surface area (Å²) in [6, 6.07) is 12.2. The first-order chi connectivity index (χ1) is 12.3. The van der Waals surface area contributed by atoms with Gasteiger partial charge in [-0.1, -0.05) is 12.1 Å². The molecule has 6 nitrogen and oxygen atoms in total. The third kappa shape index (κ3) is 4.14. The summed E-state index contributed by atoms with van der Waals surface area (Å²) in [5.41, 5.74) is 0.424. The van der Waals surface area contributed by atoms with E-state index >= 15 is 0 Å². The molecule has 3 rings (SSSR count). The molecule has 0 aliphatic rings. The number of alkyl carbamates (subject to hydrolysis) is 1. The summed E-state index contributed by atoms with van der Waals surface area (Å²) in [6.07, 6.45) is -0.494. The van der Waals surface area contributed by atoms with Gasteiger partial charge in [0.1, 0.15) is 29.1 Å². The summed E-state index contributed by atoms with van der Waals surface area (Å²) in [6.45, 7) is 5.94. The van der Waals surface area contributed by atoms with Crippen LogP contribution in [0.25, 0.3) is 21.9 Å². The highest BCUT2D eigenvalue weighted by molar-refractivity contribution is 5.90. The number of hydrogen-bond donors (Lipinski definition) is 1. The highest BCUT2D eigenvalue weighted by Crippen LogP contribution is 2.22. The van der Waals surface area contributed by atoms with Crippen molar-refractivity contribution >= 4 is 28.0 Å². The first-order valence-corrected chi connectivity index (χ1v) is 8.39. The number of para-hydroxylation sites is 1. The summed E-state index contributed by atoms with van der Waals surface area (Å²) in [5, 5.41) is 3.61. The lowest BCUT2D eigenvalue weighted by Gasteiger charge is -2.19. The molecule has 0 atom stereocenters. The molecule has 1 heterocycles. The van der Waals surface area contributed by atoms with E-state index in [4.69, 9.17) is 13.9 Å². The van der Waals surface area contributed by atoms with Crippen LogP contribution < -0.4 is 15.5 Å². The zero-order valence-corrected chi connectivity index (χ0v) is 15.0. The monoisotopic (exact) mass is 355 g/mol. The zero-order chi connectivity index (χ0) is 18.7. The molecule has 0 aliphatic heterocycles. The van der Waals surface area contributed by atoms with Gasteiger partial charge < -0.3 is 19.2 Å². The van der Waals surface area contributed by atoms with E-state index in [0.717, 1.165) is 0 Å². The van der Waals surface area contributed by atoms with Gasteiger partial charge in [0.15, 0.2) is 0 Å². The highest BCUT2D eigenvalue weighted by atomic mass is 16.6. The second kappa shape index (κ2) is 7.07. The second-order valence-corrected chi connectivity index (χ2v) is 6.86. The van der Waals surface area contributed by atoms with Gasteiger partial charge in [0.25, 0.3) is 0 Å². The normalized spacial score (nSPS) is 11.5. The topological polar surface area (TPSA) is 77.8 Å². The molecule has 0 saturated carbocycles. The number of carbonyl (C=O) groups excluding carboxylic acids is 1. The number of hydrogen-bond acceptors (Lipinski definition) is 5. The molecule has 0 fully saturated rings. The Kier molecular flexibility index (Phi) is 4.84. The van der Waals surface area contributed by atoms with Crippen LogP contribution in [0.2, 0.25) is 0 Å². The van der Waals surface area contributed by atoms with Crippen molar-refractivity contribution in [1.29, 1.82) is 0 Å². The van der Waals surface area contributed by atoms with Crippen molar-refractivity contribution in [2.24, 2.45) is 0 Å². The first kappa shape index (κ1) is 17.8. The van der Waals surface area contributed by atoms with Crippen molar-refractivity contribution < 1.29 is 18.7 Å². The Labute approximate surface area is 150 Å². The molecule has 1 aromatic heterocycles. The predicted molar refractivity (Wildman–Crippen MR) is 99.7 cm³/mol. The summed E-state index contributed by atoms with van der Waals surface area (Å²) < 4.78 is 16.5. The maximum absolute atomic E-state index is 12.6. The summed E-state index contributed by atoms with van der Waals surface area (Å²) >= 11 is 0. The molecular formula is C20H21NO5. The van der Waals surface area contributed by atoms with Gasteiger partial charge in [-0.2, -0.15) is 0 Å². The molecule has 26 heavy (non-hydrogen) atoms. The molecule has 0 aliphatic carbocycles. The van der Waals surface area contributed by atoms with Crippen LogP contribution in [0.1, 0.15) is 20.8 Å². The molecule has 0 radical (unpaired) electrons. The van der Waals surface area contributed by atoms with Crippen molar-refractivity contribution in [2.45, 2.75) is 26.4 Å². The number of carbonyl (C=O) groups is 1. The standard InChI is InChI=1S/C20H21NO5/c1-20(2,3)26-19(23)21-10-11-24-13-8-9-17-15(12-13)18(22)14-6-4-5-7-16(14)25-17/h4-9,12H,10-11H2,1-3H3,(H,21,23). The molecular weight excluding hydrogens is 334 g/mol. The number of amides is 1. The summed E-state index contributed by atoms with van der Waals surface area (Å²) in [7, 11) is 0. The van der Waals surface area contributed by atoms with E-state index in [-0.39, 0.29) is 12.0 Å². The van der Waals surface area contributed by atoms with E-state index < -0.39 is 11.7 Å². The molecule has 2 aromatic carbocycles. The molecule has 0 unspecified atom stereocenters.